The lowest BCUT2D eigenvalue weighted by atomic mass is 10.2. The number of benzene rings is 2. The topological polar surface area (TPSA) is 12.4 Å². The lowest BCUT2D eigenvalue weighted by Gasteiger charge is -1.95. The minimum Gasteiger partial charge on any atom is -0.219 e. The van der Waals surface area contributed by atoms with Crippen LogP contribution in [0.4, 0.5) is 8.78 Å². The van der Waals surface area contributed by atoms with Crippen molar-refractivity contribution >= 4 is 18.2 Å². The van der Waals surface area contributed by atoms with Crippen LogP contribution in [0.1, 0.15) is 5.56 Å². The Kier molecular flexibility index (Phi) is 3.88. The Morgan fingerprint density at radius 1 is 0.941 bits per heavy atom. The Hall–Kier alpha value is -1.68. The second kappa shape index (κ2) is 5.59. The number of rotatable bonds is 3. The molecule has 0 unspecified atom stereocenters. The summed E-state index contributed by atoms with van der Waals surface area (Å²) in [6.07, 6.45) is 1.57. The molecule has 0 aromatic heterocycles. The van der Waals surface area contributed by atoms with Gasteiger partial charge < -0.3 is 0 Å². The van der Waals surface area contributed by atoms with E-state index in [2.05, 4.69) is 4.40 Å². The second-order valence-electron chi connectivity index (χ2n) is 3.33. The first-order valence-electron chi connectivity index (χ1n) is 4.95. The fourth-order valence-electron chi connectivity index (χ4n) is 1.23. The molecule has 0 bridgehead atoms. The molecule has 86 valence electrons. The first-order chi connectivity index (χ1) is 8.24. The molecule has 17 heavy (non-hydrogen) atoms. The Morgan fingerprint density at radius 2 is 1.71 bits per heavy atom. The summed E-state index contributed by atoms with van der Waals surface area (Å²) in [5, 5.41) is 0. The summed E-state index contributed by atoms with van der Waals surface area (Å²) < 4.78 is 29.6. The van der Waals surface area contributed by atoms with Crippen molar-refractivity contribution < 1.29 is 8.78 Å². The van der Waals surface area contributed by atoms with Gasteiger partial charge in [-0.2, -0.15) is 0 Å². The molecule has 2 aromatic rings. The van der Waals surface area contributed by atoms with Gasteiger partial charge >= 0.3 is 0 Å². The molecule has 2 aromatic carbocycles. The van der Waals surface area contributed by atoms with Gasteiger partial charge in [0, 0.05) is 23.1 Å². The minimum atomic E-state index is -0.291. The molecule has 0 aliphatic rings. The zero-order chi connectivity index (χ0) is 12.1. The second-order valence-corrected chi connectivity index (χ2v) is 4.20. The third-order valence-electron chi connectivity index (χ3n) is 2.02. The predicted molar refractivity (Wildman–Crippen MR) is 66.3 cm³/mol. The molecular formula is C13H9F2NS. The molecule has 4 heteroatoms. The number of hydrogen-bond acceptors (Lipinski definition) is 2. The van der Waals surface area contributed by atoms with Crippen LogP contribution in [0, 0.1) is 11.6 Å². The lowest BCUT2D eigenvalue weighted by molar-refractivity contribution is 0.626. The van der Waals surface area contributed by atoms with E-state index in [1.54, 1.807) is 30.5 Å². The number of halogens is 2. The highest BCUT2D eigenvalue weighted by Crippen LogP contribution is 2.19. The summed E-state index contributed by atoms with van der Waals surface area (Å²) in [4.78, 5) is 0.832. The summed E-state index contributed by atoms with van der Waals surface area (Å²) in [5.41, 5.74) is 0.694. The third-order valence-corrected chi connectivity index (χ3v) is 2.72. The fourth-order valence-corrected chi connectivity index (χ4v) is 1.78. The van der Waals surface area contributed by atoms with Crippen LogP contribution in [0.25, 0.3) is 0 Å². The van der Waals surface area contributed by atoms with Crippen molar-refractivity contribution in [3.8, 4) is 0 Å². The summed E-state index contributed by atoms with van der Waals surface area (Å²) in [6.45, 7) is 0. The van der Waals surface area contributed by atoms with Crippen molar-refractivity contribution in [1.29, 1.82) is 0 Å². The van der Waals surface area contributed by atoms with E-state index < -0.39 is 0 Å². The SMILES string of the molecule is Fc1ccc(SN=Cc2cccc(F)c2)cc1. The van der Waals surface area contributed by atoms with Crippen LogP contribution in [-0.4, -0.2) is 6.21 Å². The molecule has 0 amide bonds. The smallest absolute Gasteiger partial charge is 0.123 e. The molecule has 0 heterocycles. The summed E-state index contributed by atoms with van der Waals surface area (Å²) in [7, 11) is 0. The van der Waals surface area contributed by atoms with Crippen LogP contribution >= 0.6 is 11.9 Å². The summed E-state index contributed by atoms with van der Waals surface area (Å²) >= 11 is 1.21. The van der Waals surface area contributed by atoms with Crippen LogP contribution < -0.4 is 0 Å². The third kappa shape index (κ3) is 3.67. The number of nitrogens with zero attached hydrogens (tertiary/aromatic N) is 1. The van der Waals surface area contributed by atoms with Gasteiger partial charge in [-0.25, -0.2) is 13.2 Å². The molecule has 0 aliphatic carbocycles. The quantitative estimate of drug-likeness (QED) is 0.589. The van der Waals surface area contributed by atoms with E-state index in [4.69, 9.17) is 0 Å². The molecule has 1 nitrogen and oxygen atoms in total. The highest BCUT2D eigenvalue weighted by atomic mass is 32.2. The monoisotopic (exact) mass is 249 g/mol. The highest BCUT2D eigenvalue weighted by Gasteiger charge is 1.94. The standard InChI is InChI=1S/C13H9F2NS/c14-11-4-6-13(7-5-11)17-16-9-10-2-1-3-12(15)8-10/h1-9H. The maximum Gasteiger partial charge on any atom is 0.123 e. The van der Waals surface area contributed by atoms with Crippen molar-refractivity contribution in [2.24, 2.45) is 4.40 Å². The van der Waals surface area contributed by atoms with Crippen LogP contribution in [-0.2, 0) is 0 Å². The largest absolute Gasteiger partial charge is 0.219 e. The molecule has 0 aliphatic heterocycles. The highest BCUT2D eigenvalue weighted by molar-refractivity contribution is 7.98. The van der Waals surface area contributed by atoms with Gasteiger partial charge in [-0.15, -0.1) is 0 Å². The van der Waals surface area contributed by atoms with Crippen molar-refractivity contribution in [3.05, 3.63) is 65.7 Å². The van der Waals surface area contributed by atoms with Gasteiger partial charge in [0.05, 0.1) is 0 Å². The maximum atomic E-state index is 12.9. The Balaban J connectivity index is 2.00. The molecular weight excluding hydrogens is 240 g/mol. The molecule has 0 atom stereocenters. The van der Waals surface area contributed by atoms with Gasteiger partial charge in [-0.3, -0.25) is 0 Å². The van der Waals surface area contributed by atoms with Crippen LogP contribution in [0.5, 0.6) is 0 Å². The van der Waals surface area contributed by atoms with E-state index in [9.17, 15) is 8.78 Å². The molecule has 0 fully saturated rings. The van der Waals surface area contributed by atoms with Gasteiger partial charge in [0.25, 0.3) is 0 Å². The normalized spacial score (nSPS) is 10.9. The van der Waals surface area contributed by atoms with Gasteiger partial charge in [-0.1, -0.05) is 12.1 Å². The lowest BCUT2D eigenvalue weighted by Crippen LogP contribution is -1.81. The fraction of sp³-hybridized carbons (Fsp3) is 0. The summed E-state index contributed by atoms with van der Waals surface area (Å²) in [5.74, 6) is -0.566. The molecule has 0 saturated heterocycles. The van der Waals surface area contributed by atoms with Crippen LogP contribution in [0.3, 0.4) is 0 Å². The summed E-state index contributed by atoms with van der Waals surface area (Å²) in [6, 6.07) is 12.2. The van der Waals surface area contributed by atoms with E-state index in [1.165, 1.54) is 36.2 Å². The van der Waals surface area contributed by atoms with Gasteiger partial charge in [-0.05, 0) is 42.0 Å². The molecule has 2 rings (SSSR count). The van der Waals surface area contributed by atoms with E-state index in [0.717, 1.165) is 4.90 Å². The van der Waals surface area contributed by atoms with Crippen molar-refractivity contribution in [2.45, 2.75) is 4.90 Å². The van der Waals surface area contributed by atoms with E-state index >= 15 is 0 Å². The van der Waals surface area contributed by atoms with Gasteiger partial charge in [0.1, 0.15) is 11.6 Å². The number of hydrogen-bond donors (Lipinski definition) is 0. The zero-order valence-corrected chi connectivity index (χ0v) is 9.62. The maximum absolute atomic E-state index is 12.9. The molecule has 0 spiro atoms. The van der Waals surface area contributed by atoms with E-state index in [0.29, 0.717) is 5.56 Å². The molecule has 0 radical (unpaired) electrons. The zero-order valence-electron chi connectivity index (χ0n) is 8.81. The van der Waals surface area contributed by atoms with E-state index in [1.807, 2.05) is 0 Å². The first kappa shape index (κ1) is 11.8. The minimum absolute atomic E-state index is 0.275. The van der Waals surface area contributed by atoms with Crippen molar-refractivity contribution in [1.82, 2.24) is 0 Å². The Bertz CT molecular complexity index is 523. The van der Waals surface area contributed by atoms with E-state index in [-0.39, 0.29) is 11.6 Å². The Morgan fingerprint density at radius 3 is 2.41 bits per heavy atom. The van der Waals surface area contributed by atoms with Crippen molar-refractivity contribution in [3.63, 3.8) is 0 Å². The predicted octanol–water partition coefficient (Wildman–Crippen LogP) is 4.09. The average Bonchev–Trinajstić information content (AvgIpc) is 2.32. The van der Waals surface area contributed by atoms with Crippen LogP contribution in [0.15, 0.2) is 57.8 Å². The van der Waals surface area contributed by atoms with Crippen LogP contribution in [0.2, 0.25) is 0 Å². The van der Waals surface area contributed by atoms with Crippen molar-refractivity contribution in [2.75, 3.05) is 0 Å². The Labute approximate surface area is 102 Å². The van der Waals surface area contributed by atoms with Gasteiger partial charge in [0.15, 0.2) is 0 Å². The molecule has 0 saturated carbocycles. The average molecular weight is 249 g/mol. The first-order valence-corrected chi connectivity index (χ1v) is 5.73. The molecule has 0 N–H and O–H groups in total. The van der Waals surface area contributed by atoms with Gasteiger partial charge in [0.2, 0.25) is 0 Å².